The molecule has 0 unspecified atom stereocenters. The quantitative estimate of drug-likeness (QED) is 0.171. The second kappa shape index (κ2) is 11.8. The molecule has 3 aliphatic rings. The maximum absolute atomic E-state index is 6.67. The summed E-state index contributed by atoms with van der Waals surface area (Å²) in [5.74, 6) is 4.83. The first-order valence-electron chi connectivity index (χ1n) is 17.7. The van der Waals surface area contributed by atoms with Crippen LogP contribution in [0.3, 0.4) is 0 Å². The molecule has 0 fully saturated rings. The highest BCUT2D eigenvalue weighted by atomic mass is 16.5. The molecule has 7 heteroatoms. The molecule has 2 aromatic heterocycles. The zero-order valence-electron chi connectivity index (χ0n) is 29.7. The summed E-state index contributed by atoms with van der Waals surface area (Å²) in [7, 11) is 0. The Morgan fingerprint density at radius 2 is 1.45 bits per heavy atom. The average molecular weight is 666 g/mol. The van der Waals surface area contributed by atoms with Gasteiger partial charge < -0.3 is 19.3 Å². The van der Waals surface area contributed by atoms with Crippen molar-refractivity contribution in [3.63, 3.8) is 0 Å². The smallest absolute Gasteiger partial charge is 0.337 e. The largest absolute Gasteiger partial charge is 0.457 e. The van der Waals surface area contributed by atoms with Crippen LogP contribution in [0.4, 0.5) is 17.1 Å². The zero-order chi connectivity index (χ0) is 34.9. The molecule has 51 heavy (non-hydrogen) atoms. The number of nitrogens with zero attached hydrogens (tertiary/aromatic N) is 5. The predicted octanol–water partition coefficient (Wildman–Crippen LogP) is 10.8. The van der Waals surface area contributed by atoms with Crippen molar-refractivity contribution in [3.05, 3.63) is 162 Å². The molecule has 0 saturated carbocycles. The van der Waals surface area contributed by atoms with E-state index in [0.29, 0.717) is 6.67 Å². The highest BCUT2D eigenvalue weighted by Crippen LogP contribution is 2.45. The van der Waals surface area contributed by atoms with Gasteiger partial charge in [-0.05, 0) is 110 Å². The first-order chi connectivity index (χ1) is 24.7. The molecule has 9 rings (SSSR count). The van der Waals surface area contributed by atoms with Crippen molar-refractivity contribution in [2.75, 3.05) is 16.5 Å². The molecule has 4 aromatic carbocycles. The Balaban J connectivity index is 1.07. The maximum Gasteiger partial charge on any atom is 0.337 e. The van der Waals surface area contributed by atoms with Crippen molar-refractivity contribution in [1.29, 1.82) is 0 Å². The van der Waals surface area contributed by atoms with Gasteiger partial charge >= 0.3 is 6.85 Å². The molecule has 3 aliphatic heterocycles. The average Bonchev–Trinajstić information content (AvgIpc) is 3.67. The first kappa shape index (κ1) is 31.1. The lowest BCUT2D eigenvalue weighted by Gasteiger charge is -2.36. The lowest BCUT2D eigenvalue weighted by molar-refractivity contribution is 0.483. The van der Waals surface area contributed by atoms with E-state index in [1.54, 1.807) is 0 Å². The van der Waals surface area contributed by atoms with Crippen LogP contribution < -0.4 is 14.5 Å². The number of hydrogen-bond donors (Lipinski definition) is 0. The minimum atomic E-state index is 0.00943. The van der Waals surface area contributed by atoms with Crippen molar-refractivity contribution in [2.45, 2.75) is 40.0 Å². The highest BCUT2D eigenvalue weighted by molar-refractivity contribution is 6.71. The van der Waals surface area contributed by atoms with Crippen LogP contribution in [-0.4, -0.2) is 27.9 Å². The summed E-state index contributed by atoms with van der Waals surface area (Å²) >= 11 is 0. The van der Waals surface area contributed by atoms with Gasteiger partial charge in [0, 0.05) is 40.4 Å². The summed E-state index contributed by atoms with van der Waals surface area (Å²) in [5.41, 5.74) is 10.8. The van der Waals surface area contributed by atoms with Crippen molar-refractivity contribution >= 4 is 45.7 Å². The zero-order valence-corrected chi connectivity index (χ0v) is 29.7. The van der Waals surface area contributed by atoms with Crippen molar-refractivity contribution < 1.29 is 4.74 Å². The fraction of sp³-hybridized carbons (Fsp3) is 0.159. The molecule has 0 N–H and O–H groups in total. The van der Waals surface area contributed by atoms with Crippen LogP contribution in [0.2, 0.25) is 0 Å². The van der Waals surface area contributed by atoms with Gasteiger partial charge in [0.1, 0.15) is 17.3 Å². The number of para-hydroxylation sites is 3. The van der Waals surface area contributed by atoms with Crippen LogP contribution >= 0.6 is 0 Å². The Bertz CT molecular complexity index is 2480. The van der Waals surface area contributed by atoms with Crippen LogP contribution in [0, 0.1) is 0 Å². The number of benzene rings is 4. The highest BCUT2D eigenvalue weighted by Gasteiger charge is 2.38. The number of aromatic nitrogens is 2. The third-order valence-electron chi connectivity index (χ3n) is 10.3. The summed E-state index contributed by atoms with van der Waals surface area (Å²) < 4.78 is 8.93. The van der Waals surface area contributed by atoms with E-state index in [2.05, 4.69) is 181 Å². The number of allylic oxidation sites excluding steroid dienone is 4. The number of pyridine rings is 1. The van der Waals surface area contributed by atoms with Gasteiger partial charge in [0.2, 0.25) is 0 Å². The second-order valence-corrected chi connectivity index (χ2v) is 14.8. The normalized spacial score (nSPS) is 15.6. The minimum absolute atomic E-state index is 0.00943. The minimum Gasteiger partial charge on any atom is -0.457 e. The molecule has 0 saturated heterocycles. The molecule has 6 aromatic rings. The maximum atomic E-state index is 6.67. The molecule has 0 amide bonds. The van der Waals surface area contributed by atoms with Gasteiger partial charge in [-0.25, -0.2) is 4.98 Å². The molecular formula is C44H40BN5O. The Kier molecular flexibility index (Phi) is 7.21. The van der Waals surface area contributed by atoms with Gasteiger partial charge in [0.15, 0.2) is 0 Å². The van der Waals surface area contributed by atoms with Crippen LogP contribution in [-0.2, 0) is 5.41 Å². The van der Waals surface area contributed by atoms with Gasteiger partial charge in [0.05, 0.1) is 29.1 Å². The molecule has 250 valence electrons. The van der Waals surface area contributed by atoms with Crippen molar-refractivity contribution in [1.82, 2.24) is 14.4 Å². The van der Waals surface area contributed by atoms with E-state index in [9.17, 15) is 0 Å². The molecular weight excluding hydrogens is 625 g/mol. The molecule has 0 aliphatic carbocycles. The lowest BCUT2D eigenvalue weighted by atomic mass is 9.52. The van der Waals surface area contributed by atoms with Gasteiger partial charge in [0.25, 0.3) is 0 Å². The molecule has 0 atom stereocenters. The van der Waals surface area contributed by atoms with Crippen LogP contribution in [0.5, 0.6) is 11.5 Å². The van der Waals surface area contributed by atoms with E-state index in [-0.39, 0.29) is 12.3 Å². The van der Waals surface area contributed by atoms with Crippen LogP contribution in [0.25, 0.3) is 27.6 Å². The summed E-state index contributed by atoms with van der Waals surface area (Å²) in [6.45, 7) is 12.0. The molecule has 5 heterocycles. The number of hydrogen-bond acceptors (Lipinski definition) is 5. The van der Waals surface area contributed by atoms with E-state index in [0.717, 1.165) is 34.0 Å². The number of ether oxygens (including phenoxy) is 1. The van der Waals surface area contributed by atoms with E-state index in [1.807, 2.05) is 12.3 Å². The predicted molar refractivity (Wildman–Crippen MR) is 212 cm³/mol. The molecule has 6 nitrogen and oxygen atoms in total. The standard InChI is InChI=1S/C44H40BN5O/c1-30-20-23-47-24-21-31(2)43(45(47)28-30)49-29-48(39-15-8-9-16-40(39)49)33-11-10-12-34(26-33)51-35-17-18-37-36-13-6-7-14-38(36)50(41(37)27-35)42-25-32(19-22-46-42)44(3,4)5/h6-28H,29H2,1-5H3. The SMILES string of the molecule is CC1=CB2C(N3CN(c4cccc(Oc5ccc6c7ccccc7n(-c7cc(C(C)(C)C)ccn7)c6c5)c4)c4ccccc43)=C(C)C=CN2C=C1. The van der Waals surface area contributed by atoms with Crippen molar-refractivity contribution in [3.8, 4) is 17.3 Å². The molecule has 0 spiro atoms. The topological polar surface area (TPSA) is 36.8 Å². The number of anilines is 3. The third-order valence-corrected chi connectivity index (χ3v) is 10.3. The summed E-state index contributed by atoms with van der Waals surface area (Å²) in [6.07, 6.45) is 10.7. The van der Waals surface area contributed by atoms with Gasteiger partial charge in [-0.3, -0.25) is 4.57 Å². The van der Waals surface area contributed by atoms with E-state index >= 15 is 0 Å². The van der Waals surface area contributed by atoms with Gasteiger partial charge in [-0.1, -0.05) is 68.7 Å². The molecule has 0 bridgehead atoms. The Morgan fingerprint density at radius 1 is 0.706 bits per heavy atom. The summed E-state index contributed by atoms with van der Waals surface area (Å²) in [4.78, 5) is 12.0. The fourth-order valence-electron chi connectivity index (χ4n) is 7.70. The number of fused-ring (bicyclic) bond motifs is 5. The Hall–Kier alpha value is -5.95. The molecule has 0 radical (unpaired) electrons. The van der Waals surface area contributed by atoms with Gasteiger partial charge in [-0.15, -0.1) is 0 Å². The summed E-state index contributed by atoms with van der Waals surface area (Å²) in [6, 6.07) is 36.4. The third kappa shape index (κ3) is 5.32. The van der Waals surface area contributed by atoms with E-state index in [4.69, 9.17) is 9.72 Å². The van der Waals surface area contributed by atoms with Crippen LogP contribution in [0.1, 0.15) is 40.2 Å². The Labute approximate surface area is 300 Å². The van der Waals surface area contributed by atoms with E-state index < -0.39 is 0 Å². The van der Waals surface area contributed by atoms with Crippen LogP contribution in [0.15, 0.2) is 157 Å². The Morgan fingerprint density at radius 3 is 2.29 bits per heavy atom. The second-order valence-electron chi connectivity index (χ2n) is 14.8. The first-order valence-corrected chi connectivity index (χ1v) is 17.7. The van der Waals surface area contributed by atoms with Crippen molar-refractivity contribution in [2.24, 2.45) is 0 Å². The monoisotopic (exact) mass is 665 g/mol. The van der Waals surface area contributed by atoms with E-state index in [1.165, 1.54) is 44.5 Å². The van der Waals surface area contributed by atoms with Gasteiger partial charge in [-0.2, -0.15) is 0 Å². The summed E-state index contributed by atoms with van der Waals surface area (Å²) in [5, 5.41) is 2.36. The number of rotatable bonds is 5. The lowest BCUT2D eigenvalue weighted by Crippen LogP contribution is -2.44. The fourth-order valence-corrected chi connectivity index (χ4v) is 7.70.